The Morgan fingerprint density at radius 2 is 2.33 bits per heavy atom. The molecule has 0 aliphatic carbocycles. The van der Waals surface area contributed by atoms with Crippen LogP contribution >= 0.6 is 11.8 Å². The maximum atomic E-state index is 12.0. The molecule has 0 fully saturated rings. The van der Waals surface area contributed by atoms with Gasteiger partial charge in [0.05, 0.1) is 11.3 Å². The van der Waals surface area contributed by atoms with Gasteiger partial charge in [-0.3, -0.25) is 9.89 Å². The van der Waals surface area contributed by atoms with E-state index in [1.54, 1.807) is 11.8 Å². The van der Waals surface area contributed by atoms with Gasteiger partial charge in [0.25, 0.3) is 11.3 Å². The van der Waals surface area contributed by atoms with E-state index in [0.717, 1.165) is 35.0 Å². The second-order valence-electron chi connectivity index (χ2n) is 3.49. The highest BCUT2D eigenvalue weighted by Crippen LogP contribution is 2.25. The largest absolute Gasteiger partial charge is 0.278 e. The van der Waals surface area contributed by atoms with E-state index in [-0.39, 0.29) is 5.56 Å². The van der Waals surface area contributed by atoms with Crippen molar-refractivity contribution in [3.05, 3.63) is 27.4 Å². The lowest BCUT2D eigenvalue weighted by molar-refractivity contribution is 0.839. The lowest BCUT2D eigenvalue weighted by Crippen LogP contribution is -2.20. The number of aromatic amines is 1. The molecule has 6 heteroatoms. The molecular formula is C9H10N4OS. The number of aromatic nitrogens is 4. The summed E-state index contributed by atoms with van der Waals surface area (Å²) in [6.45, 7) is 1.99. The molecule has 2 aromatic heterocycles. The Kier molecular flexibility index (Phi) is 1.85. The van der Waals surface area contributed by atoms with Crippen LogP contribution in [0, 0.1) is 0 Å². The minimum atomic E-state index is 0.00667. The van der Waals surface area contributed by atoms with Gasteiger partial charge < -0.3 is 0 Å². The first kappa shape index (κ1) is 8.96. The van der Waals surface area contributed by atoms with Crippen molar-refractivity contribution in [2.45, 2.75) is 24.9 Å². The van der Waals surface area contributed by atoms with Crippen molar-refractivity contribution >= 4 is 17.5 Å². The third-order valence-corrected chi connectivity index (χ3v) is 3.51. The van der Waals surface area contributed by atoms with Crippen molar-refractivity contribution in [2.75, 3.05) is 0 Å². The summed E-state index contributed by atoms with van der Waals surface area (Å²) in [6.07, 6.45) is 0.780. The van der Waals surface area contributed by atoms with E-state index in [1.165, 1.54) is 4.52 Å². The SMILES string of the molecule is CCc1nc2nc3c(c(=O)n2[nH]1)CSC3. The van der Waals surface area contributed by atoms with Gasteiger partial charge in [-0.2, -0.15) is 21.3 Å². The fraction of sp³-hybridized carbons (Fsp3) is 0.444. The summed E-state index contributed by atoms with van der Waals surface area (Å²) in [4.78, 5) is 20.6. The van der Waals surface area contributed by atoms with Crippen molar-refractivity contribution in [1.29, 1.82) is 0 Å². The van der Waals surface area contributed by atoms with Crippen molar-refractivity contribution in [3.63, 3.8) is 0 Å². The third-order valence-electron chi connectivity index (χ3n) is 2.54. The number of hydrogen-bond donors (Lipinski definition) is 1. The van der Waals surface area contributed by atoms with Gasteiger partial charge in [-0.15, -0.1) is 0 Å². The van der Waals surface area contributed by atoms with Crippen molar-refractivity contribution < 1.29 is 0 Å². The number of fused-ring (bicyclic) bond motifs is 2. The summed E-state index contributed by atoms with van der Waals surface area (Å²) >= 11 is 1.72. The number of nitrogens with zero attached hydrogens (tertiary/aromatic N) is 3. The molecule has 1 aliphatic rings. The predicted octanol–water partition coefficient (Wildman–Crippen LogP) is 0.727. The molecule has 0 spiro atoms. The van der Waals surface area contributed by atoms with Crippen LogP contribution in [0.3, 0.4) is 0 Å². The molecule has 78 valence electrons. The van der Waals surface area contributed by atoms with Gasteiger partial charge in [-0.1, -0.05) is 6.92 Å². The molecule has 0 amide bonds. The summed E-state index contributed by atoms with van der Waals surface area (Å²) in [7, 11) is 0. The highest BCUT2D eigenvalue weighted by molar-refractivity contribution is 7.98. The second-order valence-corrected chi connectivity index (χ2v) is 4.48. The number of hydrogen-bond acceptors (Lipinski definition) is 4. The molecule has 15 heavy (non-hydrogen) atoms. The van der Waals surface area contributed by atoms with Crippen LogP contribution < -0.4 is 5.56 Å². The summed E-state index contributed by atoms with van der Waals surface area (Å²) < 4.78 is 1.45. The van der Waals surface area contributed by atoms with Crippen LogP contribution in [0.2, 0.25) is 0 Å². The lowest BCUT2D eigenvalue weighted by atomic mass is 10.3. The minimum Gasteiger partial charge on any atom is -0.275 e. The van der Waals surface area contributed by atoms with E-state index in [4.69, 9.17) is 0 Å². The van der Waals surface area contributed by atoms with Gasteiger partial charge in [0.2, 0.25) is 0 Å². The Morgan fingerprint density at radius 1 is 1.47 bits per heavy atom. The Morgan fingerprint density at radius 3 is 3.13 bits per heavy atom. The first-order valence-electron chi connectivity index (χ1n) is 4.86. The van der Waals surface area contributed by atoms with Gasteiger partial charge in [-0.25, -0.2) is 4.98 Å². The Bertz CT molecular complexity index is 586. The monoisotopic (exact) mass is 222 g/mol. The van der Waals surface area contributed by atoms with Gasteiger partial charge in [0, 0.05) is 17.9 Å². The van der Waals surface area contributed by atoms with E-state index < -0.39 is 0 Å². The van der Waals surface area contributed by atoms with Crippen molar-refractivity contribution in [1.82, 2.24) is 19.6 Å². The van der Waals surface area contributed by atoms with E-state index in [1.807, 2.05) is 6.92 Å². The van der Waals surface area contributed by atoms with Crippen LogP contribution in [-0.2, 0) is 17.9 Å². The molecular weight excluding hydrogens is 212 g/mol. The molecule has 1 N–H and O–H groups in total. The van der Waals surface area contributed by atoms with Crippen LogP contribution in [0.15, 0.2) is 4.79 Å². The quantitative estimate of drug-likeness (QED) is 0.772. The lowest BCUT2D eigenvalue weighted by Gasteiger charge is -1.95. The molecule has 0 atom stereocenters. The topological polar surface area (TPSA) is 63.1 Å². The number of H-pyrrole nitrogens is 1. The Labute approximate surface area is 89.9 Å². The Balaban J connectivity index is 2.38. The average Bonchev–Trinajstić information content (AvgIpc) is 2.83. The fourth-order valence-corrected chi connectivity index (χ4v) is 2.74. The zero-order chi connectivity index (χ0) is 10.4. The maximum Gasteiger partial charge on any atom is 0.278 e. The van der Waals surface area contributed by atoms with Gasteiger partial charge in [-0.05, 0) is 0 Å². The summed E-state index contributed by atoms with van der Waals surface area (Å²) in [5.41, 5.74) is 1.73. The molecule has 3 heterocycles. The van der Waals surface area contributed by atoms with E-state index in [0.29, 0.717) is 5.78 Å². The van der Waals surface area contributed by atoms with Crippen LogP contribution in [0.5, 0.6) is 0 Å². The molecule has 0 radical (unpaired) electrons. The van der Waals surface area contributed by atoms with Crippen LogP contribution in [0.1, 0.15) is 24.0 Å². The van der Waals surface area contributed by atoms with Crippen molar-refractivity contribution in [3.8, 4) is 0 Å². The summed E-state index contributed by atoms with van der Waals surface area (Å²) in [5, 5.41) is 2.96. The molecule has 0 aromatic carbocycles. The maximum absolute atomic E-state index is 12.0. The summed E-state index contributed by atoms with van der Waals surface area (Å²) in [6, 6.07) is 0. The molecule has 0 saturated heterocycles. The molecule has 3 rings (SSSR count). The normalized spacial score (nSPS) is 14.7. The van der Waals surface area contributed by atoms with Gasteiger partial charge in [0.15, 0.2) is 0 Å². The standard InChI is InChI=1S/C9H10N4OS/c1-2-7-11-9-10-6-4-15-3-5(6)8(14)13(9)12-7/h2-4H2,1H3,(H,10,11,12). The predicted molar refractivity (Wildman–Crippen MR) is 58.0 cm³/mol. The number of aryl methyl sites for hydroxylation is 1. The molecule has 0 unspecified atom stereocenters. The summed E-state index contributed by atoms with van der Waals surface area (Å²) in [5.74, 6) is 2.90. The second kappa shape index (κ2) is 3.10. The number of nitrogens with one attached hydrogen (secondary N) is 1. The Hall–Kier alpha value is -1.30. The fourth-order valence-electron chi connectivity index (χ4n) is 1.71. The molecule has 2 aromatic rings. The van der Waals surface area contributed by atoms with Crippen LogP contribution in [0.4, 0.5) is 0 Å². The highest BCUT2D eigenvalue weighted by atomic mass is 32.2. The average molecular weight is 222 g/mol. The molecule has 1 aliphatic heterocycles. The zero-order valence-electron chi connectivity index (χ0n) is 8.28. The van der Waals surface area contributed by atoms with Crippen molar-refractivity contribution in [2.24, 2.45) is 0 Å². The minimum absolute atomic E-state index is 0.00667. The smallest absolute Gasteiger partial charge is 0.275 e. The highest BCUT2D eigenvalue weighted by Gasteiger charge is 2.19. The van der Waals surface area contributed by atoms with Crippen LogP contribution in [0.25, 0.3) is 5.78 Å². The van der Waals surface area contributed by atoms with E-state index in [2.05, 4.69) is 15.1 Å². The van der Waals surface area contributed by atoms with E-state index >= 15 is 0 Å². The first-order valence-corrected chi connectivity index (χ1v) is 6.02. The zero-order valence-corrected chi connectivity index (χ0v) is 9.10. The van der Waals surface area contributed by atoms with Gasteiger partial charge >= 0.3 is 0 Å². The molecule has 0 saturated carbocycles. The third kappa shape index (κ3) is 1.21. The van der Waals surface area contributed by atoms with Crippen LogP contribution in [-0.4, -0.2) is 19.6 Å². The first-order chi connectivity index (χ1) is 7.29. The number of thioether (sulfide) groups is 1. The van der Waals surface area contributed by atoms with E-state index in [9.17, 15) is 4.79 Å². The molecule has 5 nitrogen and oxygen atoms in total. The number of rotatable bonds is 1. The molecule has 0 bridgehead atoms. The van der Waals surface area contributed by atoms with Gasteiger partial charge in [0.1, 0.15) is 5.82 Å².